The van der Waals surface area contributed by atoms with Crippen LogP contribution in [0.15, 0.2) is 109 Å². The van der Waals surface area contributed by atoms with Crippen LogP contribution in [0, 0.1) is 0 Å². The van der Waals surface area contributed by atoms with E-state index >= 15 is 0 Å². The second kappa shape index (κ2) is 61.9. The number of hydrogen-bond donors (Lipinski definition) is 1. The second-order valence-electron chi connectivity index (χ2n) is 20.0. The van der Waals surface area contributed by atoms with Gasteiger partial charge in [-0.1, -0.05) is 284 Å². The molecule has 5 heteroatoms. The Labute approximate surface area is 446 Å². The van der Waals surface area contributed by atoms with Gasteiger partial charge in [0.25, 0.3) is 0 Å². The first kappa shape index (κ1) is 68.6. The van der Waals surface area contributed by atoms with E-state index in [1.54, 1.807) is 0 Å². The van der Waals surface area contributed by atoms with Crippen LogP contribution in [0.1, 0.15) is 284 Å². The first-order chi connectivity index (χ1) is 35.6. The Balaban J connectivity index is 3.44. The average molecular weight is 1000 g/mol. The van der Waals surface area contributed by atoms with Gasteiger partial charge < -0.3 is 14.6 Å². The van der Waals surface area contributed by atoms with E-state index < -0.39 is 6.10 Å². The van der Waals surface area contributed by atoms with Crippen molar-refractivity contribution in [1.29, 1.82) is 0 Å². The summed E-state index contributed by atoms with van der Waals surface area (Å²) in [6.07, 6.45) is 89.5. The molecule has 1 atom stereocenters. The van der Waals surface area contributed by atoms with Gasteiger partial charge >= 0.3 is 11.9 Å². The van der Waals surface area contributed by atoms with Crippen LogP contribution in [0.2, 0.25) is 0 Å². The number of rotatable bonds is 55. The zero-order valence-electron chi connectivity index (χ0n) is 47.2. The van der Waals surface area contributed by atoms with E-state index in [0.717, 1.165) is 103 Å². The Morgan fingerprint density at radius 1 is 0.319 bits per heavy atom. The quantitative estimate of drug-likeness (QED) is 0.0373. The highest BCUT2D eigenvalue weighted by atomic mass is 16.6. The fourth-order valence-electron chi connectivity index (χ4n) is 8.58. The van der Waals surface area contributed by atoms with Gasteiger partial charge in [0.2, 0.25) is 0 Å². The Morgan fingerprint density at radius 2 is 0.556 bits per heavy atom. The molecule has 0 aromatic heterocycles. The number of aliphatic hydroxyl groups excluding tert-OH is 1. The van der Waals surface area contributed by atoms with Crippen LogP contribution >= 0.6 is 0 Å². The molecule has 0 aliphatic heterocycles. The maximum absolute atomic E-state index is 12.3. The van der Waals surface area contributed by atoms with E-state index in [-0.39, 0.29) is 25.2 Å². The number of carbonyl (C=O) groups excluding carboxylic acids is 2. The molecule has 1 N–H and O–H groups in total. The maximum atomic E-state index is 12.3. The fourth-order valence-corrected chi connectivity index (χ4v) is 8.58. The highest BCUT2D eigenvalue weighted by molar-refractivity contribution is 5.70. The summed E-state index contributed by atoms with van der Waals surface area (Å²) in [5.74, 6) is -0.601. The predicted octanol–water partition coefficient (Wildman–Crippen LogP) is 20.9. The van der Waals surface area contributed by atoms with Crippen LogP contribution < -0.4 is 0 Å². The topological polar surface area (TPSA) is 72.8 Å². The van der Waals surface area contributed by atoms with Crippen LogP contribution in [0.25, 0.3) is 0 Å². The van der Waals surface area contributed by atoms with Crippen molar-refractivity contribution in [3.05, 3.63) is 109 Å². The van der Waals surface area contributed by atoms with E-state index in [4.69, 9.17) is 9.47 Å². The van der Waals surface area contributed by atoms with Gasteiger partial charge in [-0.05, 0) is 96.3 Å². The molecule has 0 fully saturated rings. The Kier molecular flexibility index (Phi) is 58.9. The molecule has 5 nitrogen and oxygen atoms in total. The molecule has 72 heavy (non-hydrogen) atoms. The van der Waals surface area contributed by atoms with Gasteiger partial charge in [-0.15, -0.1) is 0 Å². The third-order valence-electron chi connectivity index (χ3n) is 13.1. The molecule has 0 aliphatic rings. The molecule has 0 bridgehead atoms. The second-order valence-corrected chi connectivity index (χ2v) is 20.0. The lowest BCUT2D eigenvalue weighted by molar-refractivity contribution is -0.161. The van der Waals surface area contributed by atoms with Gasteiger partial charge in [0.1, 0.15) is 6.61 Å². The third kappa shape index (κ3) is 59.1. The summed E-state index contributed by atoms with van der Waals surface area (Å²) in [4.78, 5) is 24.5. The highest BCUT2D eigenvalue weighted by Gasteiger charge is 2.16. The summed E-state index contributed by atoms with van der Waals surface area (Å²) in [5, 5.41) is 9.66. The molecule has 0 spiro atoms. The first-order valence-corrected chi connectivity index (χ1v) is 30.4. The van der Waals surface area contributed by atoms with Crippen molar-refractivity contribution in [3.8, 4) is 0 Å². The minimum atomic E-state index is -0.783. The first-order valence-electron chi connectivity index (χ1n) is 30.4. The summed E-state index contributed by atoms with van der Waals surface area (Å²) >= 11 is 0. The lowest BCUT2D eigenvalue weighted by atomic mass is 10.0. The van der Waals surface area contributed by atoms with E-state index in [0.29, 0.717) is 12.8 Å². The van der Waals surface area contributed by atoms with Gasteiger partial charge in [-0.25, -0.2) is 0 Å². The molecule has 0 amide bonds. The van der Waals surface area contributed by atoms with Crippen molar-refractivity contribution in [3.63, 3.8) is 0 Å². The summed E-state index contributed by atoms with van der Waals surface area (Å²) in [6.45, 7) is 3.92. The number of aliphatic hydroxyl groups is 1. The van der Waals surface area contributed by atoms with Crippen LogP contribution in [0.5, 0.6) is 0 Å². The van der Waals surface area contributed by atoms with Crippen molar-refractivity contribution in [1.82, 2.24) is 0 Å². The van der Waals surface area contributed by atoms with Crippen molar-refractivity contribution < 1.29 is 24.2 Å². The van der Waals surface area contributed by atoms with Crippen LogP contribution in [0.3, 0.4) is 0 Å². The molecule has 0 saturated carbocycles. The molecule has 0 radical (unpaired) electrons. The van der Waals surface area contributed by atoms with E-state index in [1.165, 1.54) is 154 Å². The number of ether oxygens (including phenoxy) is 2. The molecule has 0 heterocycles. The zero-order valence-corrected chi connectivity index (χ0v) is 47.2. The standard InChI is InChI=1S/C67H114O5/c1-3-5-7-9-11-13-15-17-19-21-23-24-25-26-27-28-29-30-31-32-33-34-35-36-37-38-39-40-41-42-44-46-48-50-52-54-56-58-60-62-67(70)72-65(63-68)64-71-66(69)61-59-57-55-53-51-49-47-45-43-22-20-18-16-14-12-10-8-6-4-2/h5-8,11-14,17-20,23-24,26-27,43,45,65,68H,3-4,9-10,15-16,21-22,25,28-42,44,46-64H2,1-2H3/b7-5-,8-6-,13-11-,14-12-,19-17-,20-18-,24-23-,27-26-,45-43-. The van der Waals surface area contributed by atoms with E-state index in [1.807, 2.05) is 0 Å². The monoisotopic (exact) mass is 999 g/mol. The van der Waals surface area contributed by atoms with Gasteiger partial charge in [0.05, 0.1) is 6.61 Å². The number of hydrogen-bond acceptors (Lipinski definition) is 5. The van der Waals surface area contributed by atoms with Gasteiger partial charge in [0, 0.05) is 12.8 Å². The molecule has 0 rings (SSSR count). The molecule has 412 valence electrons. The molecule has 0 saturated heterocycles. The van der Waals surface area contributed by atoms with Gasteiger partial charge in [0.15, 0.2) is 6.10 Å². The number of unbranched alkanes of at least 4 members (excludes halogenated alkanes) is 29. The summed E-state index contributed by atoms with van der Waals surface area (Å²) in [7, 11) is 0. The molecular weight excluding hydrogens is 885 g/mol. The van der Waals surface area contributed by atoms with Crippen molar-refractivity contribution in [2.45, 2.75) is 290 Å². The fraction of sp³-hybridized carbons (Fsp3) is 0.701. The van der Waals surface area contributed by atoms with Crippen LogP contribution in [0.4, 0.5) is 0 Å². The summed E-state index contributed by atoms with van der Waals surface area (Å²) in [6, 6.07) is 0. The molecule has 0 aromatic rings. The van der Waals surface area contributed by atoms with Gasteiger partial charge in [-0.2, -0.15) is 0 Å². The van der Waals surface area contributed by atoms with Crippen molar-refractivity contribution in [2.75, 3.05) is 13.2 Å². The minimum absolute atomic E-state index is 0.0752. The number of allylic oxidation sites excluding steroid dienone is 18. The third-order valence-corrected chi connectivity index (χ3v) is 13.1. The normalized spacial score (nSPS) is 13.0. The van der Waals surface area contributed by atoms with E-state index in [2.05, 4.69) is 123 Å². The molecule has 0 aromatic carbocycles. The maximum Gasteiger partial charge on any atom is 0.306 e. The smallest absolute Gasteiger partial charge is 0.306 e. The largest absolute Gasteiger partial charge is 0.462 e. The molecule has 0 aliphatic carbocycles. The highest BCUT2D eigenvalue weighted by Crippen LogP contribution is 2.17. The zero-order chi connectivity index (χ0) is 52.0. The number of carbonyl (C=O) groups is 2. The Bertz CT molecular complexity index is 1410. The van der Waals surface area contributed by atoms with E-state index in [9.17, 15) is 14.7 Å². The van der Waals surface area contributed by atoms with Gasteiger partial charge in [-0.3, -0.25) is 9.59 Å². The minimum Gasteiger partial charge on any atom is -0.462 e. The van der Waals surface area contributed by atoms with Crippen LogP contribution in [-0.4, -0.2) is 36.4 Å². The summed E-state index contributed by atoms with van der Waals surface area (Å²) < 4.78 is 10.7. The van der Waals surface area contributed by atoms with Crippen LogP contribution in [-0.2, 0) is 19.1 Å². The Hall–Kier alpha value is -3.44. The average Bonchev–Trinajstić information content (AvgIpc) is 3.38. The SMILES string of the molecule is CC/C=C\C/C=C\C/C=C\C/C=C\C/C=C\CCCCCCCCCCCCCCCCCCCCCCCCCC(=O)OC(CO)COC(=O)CCCCCCCC/C=C\C/C=C\C/C=C\C/C=C\CC. The summed E-state index contributed by atoms with van der Waals surface area (Å²) in [5.41, 5.74) is 0. The lowest BCUT2D eigenvalue weighted by Crippen LogP contribution is -2.28. The Morgan fingerprint density at radius 3 is 0.833 bits per heavy atom. The predicted molar refractivity (Wildman–Crippen MR) is 315 cm³/mol. The van der Waals surface area contributed by atoms with Crippen molar-refractivity contribution in [2.24, 2.45) is 0 Å². The van der Waals surface area contributed by atoms with Crippen molar-refractivity contribution >= 4 is 11.9 Å². The molecule has 1 unspecified atom stereocenters. The lowest BCUT2D eigenvalue weighted by Gasteiger charge is -2.15. The molecular formula is C67H114O5. The number of esters is 2.